The fourth-order valence-electron chi connectivity index (χ4n) is 5.90. The number of pyridine rings is 1. The molecule has 2 aromatic carbocycles. The van der Waals surface area contributed by atoms with Crippen molar-refractivity contribution in [1.82, 2.24) is 9.88 Å². The molecule has 41 heavy (non-hydrogen) atoms. The molecule has 1 aromatic heterocycles. The Bertz CT molecular complexity index is 1330. The van der Waals surface area contributed by atoms with Crippen LogP contribution >= 0.6 is 0 Å². The Labute approximate surface area is 244 Å². The number of hydrogen-bond donors (Lipinski definition) is 0. The average Bonchev–Trinajstić information content (AvgIpc) is 3.02. The highest BCUT2D eigenvalue weighted by Crippen LogP contribution is 2.30. The number of amides is 2. The largest absolute Gasteiger partial charge is 0.483 e. The third kappa shape index (κ3) is 7.26. The van der Waals surface area contributed by atoms with Gasteiger partial charge in [-0.3, -0.25) is 9.59 Å². The number of fused-ring (bicyclic) bond motifs is 2. The van der Waals surface area contributed by atoms with Crippen LogP contribution in [-0.2, 0) is 29.0 Å². The van der Waals surface area contributed by atoms with Gasteiger partial charge in [0.25, 0.3) is 5.91 Å². The molecule has 2 heterocycles. The number of aryl methyl sites for hydroxylation is 1. The lowest BCUT2D eigenvalue weighted by atomic mass is 9.91. The molecule has 2 aliphatic rings. The van der Waals surface area contributed by atoms with E-state index < -0.39 is 0 Å². The molecule has 0 radical (unpaired) electrons. The molecular weight excluding hydrogens is 512 g/mol. The molecule has 7 nitrogen and oxygen atoms in total. The van der Waals surface area contributed by atoms with Crippen LogP contribution in [0.15, 0.2) is 66.9 Å². The van der Waals surface area contributed by atoms with Crippen molar-refractivity contribution in [3.05, 3.63) is 83.6 Å². The lowest BCUT2D eigenvalue weighted by Crippen LogP contribution is -2.41. The van der Waals surface area contributed by atoms with E-state index in [1.807, 2.05) is 64.4 Å². The van der Waals surface area contributed by atoms with Crippen LogP contribution < -0.4 is 14.5 Å². The van der Waals surface area contributed by atoms with Crippen molar-refractivity contribution < 1.29 is 14.3 Å². The van der Waals surface area contributed by atoms with Gasteiger partial charge in [0.15, 0.2) is 6.61 Å². The molecule has 216 valence electrons. The third-order valence-electron chi connectivity index (χ3n) is 8.01. The molecule has 3 aromatic rings. The molecule has 1 aliphatic carbocycles. The van der Waals surface area contributed by atoms with Crippen LogP contribution in [0.4, 0.5) is 11.5 Å². The van der Waals surface area contributed by atoms with E-state index in [9.17, 15) is 9.59 Å². The first-order valence-electron chi connectivity index (χ1n) is 15.0. The van der Waals surface area contributed by atoms with Crippen molar-refractivity contribution in [2.75, 3.05) is 42.6 Å². The van der Waals surface area contributed by atoms with Crippen molar-refractivity contribution in [3.63, 3.8) is 0 Å². The summed E-state index contributed by atoms with van der Waals surface area (Å²) < 4.78 is 6.19. The fourth-order valence-corrected chi connectivity index (χ4v) is 5.90. The van der Waals surface area contributed by atoms with E-state index in [0.29, 0.717) is 32.6 Å². The van der Waals surface area contributed by atoms with Gasteiger partial charge >= 0.3 is 0 Å². The highest BCUT2D eigenvalue weighted by atomic mass is 16.5. The minimum absolute atomic E-state index is 0.0157. The monoisotopic (exact) mass is 554 g/mol. The van der Waals surface area contributed by atoms with Gasteiger partial charge in [0, 0.05) is 51.0 Å². The number of ether oxygens (including phenoxy) is 1. The average molecular weight is 555 g/mol. The van der Waals surface area contributed by atoms with E-state index in [1.54, 1.807) is 6.20 Å². The number of aromatic nitrogens is 1. The number of benzene rings is 2. The Balaban J connectivity index is 1.41. The summed E-state index contributed by atoms with van der Waals surface area (Å²) in [6, 6.07) is 20.1. The smallest absolute Gasteiger partial charge is 0.260 e. The second-order valence-corrected chi connectivity index (χ2v) is 11.5. The molecular formula is C34H42N4O3. The molecule has 0 N–H and O–H groups in total. The summed E-state index contributed by atoms with van der Waals surface area (Å²) in [5, 5.41) is 0. The lowest BCUT2D eigenvalue weighted by Gasteiger charge is -2.29. The quantitative estimate of drug-likeness (QED) is 0.394. The van der Waals surface area contributed by atoms with Crippen LogP contribution in [0.2, 0.25) is 0 Å². The van der Waals surface area contributed by atoms with Crippen molar-refractivity contribution in [2.24, 2.45) is 5.92 Å². The maximum atomic E-state index is 13.8. The van der Waals surface area contributed by atoms with Gasteiger partial charge in [0.05, 0.1) is 0 Å². The zero-order chi connectivity index (χ0) is 28.6. The van der Waals surface area contributed by atoms with Crippen molar-refractivity contribution in [3.8, 4) is 5.75 Å². The summed E-state index contributed by atoms with van der Waals surface area (Å²) >= 11 is 0. The topological polar surface area (TPSA) is 66.0 Å². The van der Waals surface area contributed by atoms with Gasteiger partial charge in [-0.25, -0.2) is 4.98 Å². The Morgan fingerprint density at radius 2 is 1.63 bits per heavy atom. The third-order valence-corrected chi connectivity index (χ3v) is 8.01. The van der Waals surface area contributed by atoms with Gasteiger partial charge in [0.2, 0.25) is 5.91 Å². The first-order valence-corrected chi connectivity index (χ1v) is 15.0. The predicted octanol–water partition coefficient (Wildman–Crippen LogP) is 5.66. The number of rotatable bonds is 6. The van der Waals surface area contributed by atoms with Gasteiger partial charge in [-0.1, -0.05) is 50.2 Å². The molecule has 0 saturated heterocycles. The van der Waals surface area contributed by atoms with Crippen LogP contribution in [0.5, 0.6) is 5.75 Å². The minimum Gasteiger partial charge on any atom is -0.483 e. The second-order valence-electron chi connectivity index (χ2n) is 11.5. The van der Waals surface area contributed by atoms with Crippen molar-refractivity contribution in [1.29, 1.82) is 0 Å². The number of anilines is 2. The number of hydrogen-bond acceptors (Lipinski definition) is 5. The Morgan fingerprint density at radius 1 is 0.829 bits per heavy atom. The Hall–Kier alpha value is -3.87. The highest BCUT2D eigenvalue weighted by molar-refractivity contribution is 5.94. The molecule has 0 saturated carbocycles. The van der Waals surface area contributed by atoms with Gasteiger partial charge in [-0.05, 0) is 79.0 Å². The van der Waals surface area contributed by atoms with Gasteiger partial charge in [-0.15, -0.1) is 0 Å². The van der Waals surface area contributed by atoms with E-state index in [2.05, 4.69) is 29.8 Å². The molecule has 0 spiro atoms. The first kappa shape index (κ1) is 28.7. The maximum absolute atomic E-state index is 13.8. The zero-order valence-electron chi connectivity index (χ0n) is 24.4. The van der Waals surface area contributed by atoms with Crippen LogP contribution in [0, 0.1) is 5.92 Å². The summed E-state index contributed by atoms with van der Waals surface area (Å²) in [6.45, 7) is 7.06. The van der Waals surface area contributed by atoms with Crippen LogP contribution in [0.25, 0.3) is 0 Å². The number of para-hydroxylation sites is 1. The minimum atomic E-state index is -0.0616. The van der Waals surface area contributed by atoms with E-state index >= 15 is 0 Å². The van der Waals surface area contributed by atoms with E-state index in [-0.39, 0.29) is 24.3 Å². The Morgan fingerprint density at radius 3 is 2.46 bits per heavy atom. The maximum Gasteiger partial charge on any atom is 0.260 e. The summed E-state index contributed by atoms with van der Waals surface area (Å²) in [5.74, 6) is 2.02. The number of nitrogens with zero attached hydrogens (tertiary/aromatic N) is 4. The van der Waals surface area contributed by atoms with Crippen LogP contribution in [-0.4, -0.2) is 54.5 Å². The van der Waals surface area contributed by atoms with E-state index in [0.717, 1.165) is 55.0 Å². The van der Waals surface area contributed by atoms with Crippen LogP contribution in [0.3, 0.4) is 0 Å². The van der Waals surface area contributed by atoms with Crippen molar-refractivity contribution >= 4 is 23.3 Å². The first-order chi connectivity index (χ1) is 20.0. The molecule has 7 heteroatoms. The van der Waals surface area contributed by atoms with E-state index in [4.69, 9.17) is 4.74 Å². The number of carbonyl (C=O) groups is 2. The normalized spacial score (nSPS) is 16.0. The van der Waals surface area contributed by atoms with Gasteiger partial charge in [-0.2, -0.15) is 0 Å². The molecule has 0 atom stereocenters. The summed E-state index contributed by atoms with van der Waals surface area (Å²) in [6.07, 6.45) is 7.49. The molecule has 2 amide bonds. The van der Waals surface area contributed by atoms with E-state index in [1.165, 1.54) is 17.5 Å². The fraction of sp³-hybridized carbons (Fsp3) is 0.441. The van der Waals surface area contributed by atoms with Gasteiger partial charge < -0.3 is 19.4 Å². The zero-order valence-corrected chi connectivity index (χ0v) is 24.4. The SMILES string of the molecule is CC(C)CC(=O)N1CCCN(c2ccccn2)CCN(C(=O)COc2cccc3c2CCCC3)Cc2ccccc21. The molecule has 0 bridgehead atoms. The van der Waals surface area contributed by atoms with Crippen LogP contribution in [0.1, 0.15) is 56.2 Å². The van der Waals surface area contributed by atoms with Gasteiger partial charge in [0.1, 0.15) is 11.6 Å². The summed E-state index contributed by atoms with van der Waals surface area (Å²) in [5.41, 5.74) is 4.44. The lowest BCUT2D eigenvalue weighted by molar-refractivity contribution is -0.133. The standard InChI is InChI=1S/C34H42N4O3/c1-26(2)23-33(39)38-20-10-19-36(32-17-7-8-18-35-32)21-22-37(24-28-12-4-6-15-30(28)38)34(40)25-41-31-16-9-13-27-11-3-5-14-29(27)31/h4,6-9,12-13,15-18,26H,3,5,10-11,14,19-25H2,1-2H3. The molecule has 1 aliphatic heterocycles. The second kappa shape index (κ2) is 13.7. The summed E-state index contributed by atoms with van der Waals surface area (Å²) in [7, 11) is 0. The molecule has 0 fully saturated rings. The Kier molecular flexibility index (Phi) is 9.55. The molecule has 0 unspecified atom stereocenters. The predicted molar refractivity (Wildman–Crippen MR) is 163 cm³/mol. The summed E-state index contributed by atoms with van der Waals surface area (Å²) in [4.78, 5) is 37.9. The number of carbonyl (C=O) groups excluding carboxylic acids is 2. The molecule has 5 rings (SSSR count). The van der Waals surface area contributed by atoms with Crippen molar-refractivity contribution in [2.45, 2.75) is 58.9 Å². The highest BCUT2D eigenvalue weighted by Gasteiger charge is 2.25.